The summed E-state index contributed by atoms with van der Waals surface area (Å²) < 4.78 is 0. The van der Waals surface area contributed by atoms with Gasteiger partial charge in [-0.05, 0) is 18.8 Å². The Kier molecular flexibility index (Phi) is 5.00. The first-order chi connectivity index (χ1) is 9.19. The van der Waals surface area contributed by atoms with E-state index in [4.69, 9.17) is 0 Å². The molecule has 2 N–H and O–H groups in total. The molecule has 4 heteroatoms. The SMILES string of the molecule is CCCNc1cc(NCCC2CC2)nc(C(C)C)n1. The Morgan fingerprint density at radius 2 is 1.79 bits per heavy atom. The number of rotatable bonds is 8. The van der Waals surface area contributed by atoms with Crippen molar-refractivity contribution in [3.8, 4) is 0 Å². The zero-order valence-corrected chi connectivity index (χ0v) is 12.4. The van der Waals surface area contributed by atoms with Crippen LogP contribution in [0.3, 0.4) is 0 Å². The zero-order chi connectivity index (χ0) is 13.7. The quantitative estimate of drug-likeness (QED) is 0.751. The van der Waals surface area contributed by atoms with Crippen molar-refractivity contribution >= 4 is 11.6 Å². The zero-order valence-electron chi connectivity index (χ0n) is 12.4. The number of hydrogen-bond acceptors (Lipinski definition) is 4. The van der Waals surface area contributed by atoms with Crippen molar-refractivity contribution in [2.75, 3.05) is 23.7 Å². The lowest BCUT2D eigenvalue weighted by Gasteiger charge is -2.12. The Morgan fingerprint density at radius 1 is 1.16 bits per heavy atom. The molecule has 1 aliphatic carbocycles. The Hall–Kier alpha value is -1.32. The van der Waals surface area contributed by atoms with E-state index in [2.05, 4.69) is 41.4 Å². The predicted molar refractivity (Wildman–Crippen MR) is 80.7 cm³/mol. The van der Waals surface area contributed by atoms with Gasteiger partial charge in [-0.15, -0.1) is 0 Å². The molecule has 0 amide bonds. The molecule has 1 aromatic heterocycles. The summed E-state index contributed by atoms with van der Waals surface area (Å²) in [6.07, 6.45) is 5.18. The summed E-state index contributed by atoms with van der Waals surface area (Å²) in [6, 6.07) is 2.02. The topological polar surface area (TPSA) is 49.8 Å². The van der Waals surface area contributed by atoms with Crippen LogP contribution in [0.1, 0.15) is 58.2 Å². The van der Waals surface area contributed by atoms with Crippen molar-refractivity contribution in [2.24, 2.45) is 5.92 Å². The van der Waals surface area contributed by atoms with E-state index >= 15 is 0 Å². The van der Waals surface area contributed by atoms with Crippen LogP contribution in [-0.2, 0) is 0 Å². The van der Waals surface area contributed by atoms with Crippen LogP contribution < -0.4 is 10.6 Å². The van der Waals surface area contributed by atoms with Crippen molar-refractivity contribution in [3.05, 3.63) is 11.9 Å². The van der Waals surface area contributed by atoms with Gasteiger partial charge in [-0.3, -0.25) is 0 Å². The van der Waals surface area contributed by atoms with Gasteiger partial charge in [0.1, 0.15) is 17.5 Å². The molecule has 0 spiro atoms. The number of aromatic nitrogens is 2. The summed E-state index contributed by atoms with van der Waals surface area (Å²) in [7, 11) is 0. The molecule has 0 saturated heterocycles. The Labute approximate surface area is 116 Å². The molecule has 1 fully saturated rings. The molecule has 106 valence electrons. The van der Waals surface area contributed by atoms with Crippen molar-refractivity contribution < 1.29 is 0 Å². The highest BCUT2D eigenvalue weighted by atomic mass is 15.1. The third-order valence-electron chi connectivity index (χ3n) is 3.37. The summed E-state index contributed by atoms with van der Waals surface area (Å²) in [5, 5.41) is 6.79. The molecule has 0 atom stereocenters. The first-order valence-electron chi connectivity index (χ1n) is 7.55. The number of hydrogen-bond donors (Lipinski definition) is 2. The highest BCUT2D eigenvalue weighted by Gasteiger charge is 2.20. The fraction of sp³-hybridized carbons (Fsp3) is 0.733. The number of nitrogens with one attached hydrogen (secondary N) is 2. The second-order valence-corrected chi connectivity index (χ2v) is 5.74. The van der Waals surface area contributed by atoms with Gasteiger partial charge in [-0.1, -0.05) is 33.6 Å². The van der Waals surface area contributed by atoms with E-state index in [1.165, 1.54) is 19.3 Å². The summed E-state index contributed by atoms with van der Waals surface area (Å²) >= 11 is 0. The van der Waals surface area contributed by atoms with E-state index in [-0.39, 0.29) is 0 Å². The molecule has 1 heterocycles. The average molecular weight is 262 g/mol. The lowest BCUT2D eigenvalue weighted by molar-refractivity contribution is 0.748. The van der Waals surface area contributed by atoms with E-state index in [0.717, 1.165) is 42.9 Å². The first-order valence-corrected chi connectivity index (χ1v) is 7.55. The Balaban J connectivity index is 1.99. The smallest absolute Gasteiger partial charge is 0.135 e. The standard InChI is InChI=1S/C15H26N4/c1-4-8-16-13-10-14(17-9-7-12-5-6-12)19-15(18-13)11(2)3/h10-12H,4-9H2,1-3H3,(H2,16,17,18,19). The fourth-order valence-electron chi connectivity index (χ4n) is 1.97. The molecular formula is C15H26N4. The van der Waals surface area contributed by atoms with Crippen molar-refractivity contribution in [2.45, 2.75) is 52.4 Å². The van der Waals surface area contributed by atoms with E-state index in [0.29, 0.717) is 5.92 Å². The van der Waals surface area contributed by atoms with Crippen LogP contribution in [0.2, 0.25) is 0 Å². The molecular weight excluding hydrogens is 236 g/mol. The van der Waals surface area contributed by atoms with Crippen LogP contribution in [0.25, 0.3) is 0 Å². The minimum Gasteiger partial charge on any atom is -0.370 e. The fourth-order valence-corrected chi connectivity index (χ4v) is 1.97. The molecule has 0 aliphatic heterocycles. The minimum absolute atomic E-state index is 0.354. The largest absolute Gasteiger partial charge is 0.370 e. The van der Waals surface area contributed by atoms with E-state index < -0.39 is 0 Å². The molecule has 2 rings (SSSR count). The molecule has 0 bridgehead atoms. The molecule has 1 aliphatic rings. The normalized spacial score (nSPS) is 14.7. The summed E-state index contributed by atoms with van der Waals surface area (Å²) in [6.45, 7) is 8.40. The Bertz CT molecular complexity index is 399. The van der Waals surface area contributed by atoms with Gasteiger partial charge in [0.2, 0.25) is 0 Å². The number of anilines is 2. The van der Waals surface area contributed by atoms with Gasteiger partial charge in [0.15, 0.2) is 0 Å². The lowest BCUT2D eigenvalue weighted by Crippen LogP contribution is -2.10. The van der Waals surface area contributed by atoms with Gasteiger partial charge in [0.25, 0.3) is 0 Å². The van der Waals surface area contributed by atoms with Crippen molar-refractivity contribution in [3.63, 3.8) is 0 Å². The molecule has 4 nitrogen and oxygen atoms in total. The predicted octanol–water partition coefficient (Wildman–Crippen LogP) is 3.63. The summed E-state index contributed by atoms with van der Waals surface area (Å²) in [5.74, 6) is 4.12. The first kappa shape index (κ1) is 14.1. The van der Waals surface area contributed by atoms with E-state index in [1.54, 1.807) is 0 Å². The van der Waals surface area contributed by atoms with E-state index in [1.807, 2.05) is 6.07 Å². The van der Waals surface area contributed by atoms with E-state index in [9.17, 15) is 0 Å². The Morgan fingerprint density at radius 3 is 2.32 bits per heavy atom. The van der Waals surface area contributed by atoms with Crippen LogP contribution in [0.4, 0.5) is 11.6 Å². The van der Waals surface area contributed by atoms with Gasteiger partial charge in [-0.25, -0.2) is 9.97 Å². The van der Waals surface area contributed by atoms with Gasteiger partial charge < -0.3 is 10.6 Å². The number of nitrogens with zero attached hydrogens (tertiary/aromatic N) is 2. The van der Waals surface area contributed by atoms with Crippen LogP contribution in [0, 0.1) is 5.92 Å². The highest BCUT2D eigenvalue weighted by Crippen LogP contribution is 2.32. The second kappa shape index (κ2) is 6.73. The molecule has 1 saturated carbocycles. The maximum Gasteiger partial charge on any atom is 0.135 e. The molecule has 0 unspecified atom stereocenters. The lowest BCUT2D eigenvalue weighted by atomic mass is 10.2. The van der Waals surface area contributed by atoms with Crippen molar-refractivity contribution in [1.82, 2.24) is 9.97 Å². The summed E-state index contributed by atoms with van der Waals surface area (Å²) in [5.41, 5.74) is 0. The van der Waals surface area contributed by atoms with Crippen LogP contribution in [-0.4, -0.2) is 23.1 Å². The maximum atomic E-state index is 4.60. The molecule has 0 radical (unpaired) electrons. The molecule has 1 aromatic rings. The third-order valence-corrected chi connectivity index (χ3v) is 3.37. The van der Waals surface area contributed by atoms with Gasteiger partial charge in [0, 0.05) is 25.1 Å². The minimum atomic E-state index is 0.354. The maximum absolute atomic E-state index is 4.60. The van der Waals surface area contributed by atoms with Crippen LogP contribution in [0.15, 0.2) is 6.07 Å². The van der Waals surface area contributed by atoms with Crippen LogP contribution in [0.5, 0.6) is 0 Å². The molecule has 0 aromatic carbocycles. The van der Waals surface area contributed by atoms with Gasteiger partial charge in [-0.2, -0.15) is 0 Å². The van der Waals surface area contributed by atoms with Gasteiger partial charge >= 0.3 is 0 Å². The monoisotopic (exact) mass is 262 g/mol. The molecule has 19 heavy (non-hydrogen) atoms. The van der Waals surface area contributed by atoms with Crippen LogP contribution >= 0.6 is 0 Å². The highest BCUT2D eigenvalue weighted by molar-refractivity contribution is 5.47. The van der Waals surface area contributed by atoms with Crippen molar-refractivity contribution in [1.29, 1.82) is 0 Å². The summed E-state index contributed by atoms with van der Waals surface area (Å²) in [4.78, 5) is 9.16. The average Bonchev–Trinajstić information content (AvgIpc) is 3.20. The third kappa shape index (κ3) is 4.69. The van der Waals surface area contributed by atoms with Gasteiger partial charge in [0.05, 0.1) is 0 Å². The second-order valence-electron chi connectivity index (χ2n) is 5.74.